The summed E-state index contributed by atoms with van der Waals surface area (Å²) in [5, 5.41) is 4.81. The van der Waals surface area contributed by atoms with E-state index in [1.807, 2.05) is 23.5 Å². The zero-order chi connectivity index (χ0) is 34.2. The molecule has 0 atom stereocenters. The van der Waals surface area contributed by atoms with Crippen LogP contribution in [0.15, 0.2) is 192 Å². The van der Waals surface area contributed by atoms with E-state index in [9.17, 15) is 0 Å². The summed E-state index contributed by atoms with van der Waals surface area (Å²) in [7, 11) is 0. The molecule has 0 bridgehead atoms. The van der Waals surface area contributed by atoms with E-state index in [0.29, 0.717) is 0 Å². The first kappa shape index (κ1) is 29.3. The van der Waals surface area contributed by atoms with Crippen molar-refractivity contribution in [1.29, 1.82) is 0 Å². The highest BCUT2D eigenvalue weighted by Gasteiger charge is 2.46. The lowest BCUT2D eigenvalue weighted by atomic mass is 9.68. The lowest BCUT2D eigenvalue weighted by Crippen LogP contribution is -2.28. The molecule has 0 saturated carbocycles. The number of fused-ring (bicyclic) bond motifs is 9. The summed E-state index contributed by atoms with van der Waals surface area (Å²) in [5.41, 5.74) is 12.3. The molecule has 3 heteroatoms. The molecule has 11 rings (SSSR count). The lowest BCUT2D eigenvalue weighted by molar-refractivity contribution is 0.669. The molecule has 52 heavy (non-hydrogen) atoms. The summed E-state index contributed by atoms with van der Waals surface area (Å²) in [6.07, 6.45) is 0. The van der Waals surface area contributed by atoms with Gasteiger partial charge < -0.3 is 9.32 Å². The van der Waals surface area contributed by atoms with Crippen molar-refractivity contribution in [3.8, 4) is 11.1 Å². The van der Waals surface area contributed by atoms with Crippen LogP contribution in [0.4, 0.5) is 17.1 Å². The standard InChI is InChI=1S/C49H31NOS/c1-3-14-32(15-4-1)49(33-16-5-2-6-17-33)42-22-10-7-18-36(42)41-30-34(27-29-43(41)49)50(35-26-28-38-37-19-8-11-24-45(37)51-46(38)31-35)44-23-13-21-40-39-20-9-12-25-47(39)52-48(40)44/h1-31H. The van der Waals surface area contributed by atoms with Crippen molar-refractivity contribution < 1.29 is 4.42 Å². The van der Waals surface area contributed by atoms with Crippen molar-refractivity contribution in [2.24, 2.45) is 0 Å². The molecule has 0 fully saturated rings. The van der Waals surface area contributed by atoms with Crippen molar-refractivity contribution in [2.45, 2.75) is 5.41 Å². The first-order valence-corrected chi connectivity index (χ1v) is 18.6. The molecule has 0 unspecified atom stereocenters. The van der Waals surface area contributed by atoms with Crippen LogP contribution in [-0.2, 0) is 5.41 Å². The summed E-state index contributed by atoms with van der Waals surface area (Å²) in [6.45, 7) is 0. The van der Waals surface area contributed by atoms with Gasteiger partial charge in [-0.3, -0.25) is 0 Å². The Labute approximate surface area is 305 Å². The number of para-hydroxylation sites is 1. The minimum Gasteiger partial charge on any atom is -0.456 e. The second-order valence-corrected chi connectivity index (χ2v) is 14.7. The van der Waals surface area contributed by atoms with Crippen LogP contribution in [0.25, 0.3) is 53.2 Å². The van der Waals surface area contributed by atoms with Crippen LogP contribution in [0.5, 0.6) is 0 Å². The maximum atomic E-state index is 6.47. The van der Waals surface area contributed by atoms with Gasteiger partial charge in [-0.1, -0.05) is 140 Å². The molecule has 0 amide bonds. The molecule has 0 saturated heterocycles. The maximum Gasteiger partial charge on any atom is 0.137 e. The summed E-state index contributed by atoms with van der Waals surface area (Å²) in [4.78, 5) is 2.43. The molecule has 2 heterocycles. The highest BCUT2D eigenvalue weighted by molar-refractivity contribution is 7.26. The summed E-state index contributed by atoms with van der Waals surface area (Å²) in [5.74, 6) is 0. The third-order valence-electron chi connectivity index (χ3n) is 10.9. The van der Waals surface area contributed by atoms with Gasteiger partial charge in [0, 0.05) is 43.7 Å². The molecule has 1 aliphatic carbocycles. The second-order valence-electron chi connectivity index (χ2n) is 13.6. The highest BCUT2D eigenvalue weighted by atomic mass is 32.1. The molecule has 0 N–H and O–H groups in total. The second kappa shape index (κ2) is 11.3. The maximum absolute atomic E-state index is 6.47. The molecule has 10 aromatic rings. The fraction of sp³-hybridized carbons (Fsp3) is 0.0204. The largest absolute Gasteiger partial charge is 0.456 e. The van der Waals surface area contributed by atoms with Crippen molar-refractivity contribution in [3.63, 3.8) is 0 Å². The van der Waals surface area contributed by atoms with Gasteiger partial charge in [-0.05, 0) is 75.8 Å². The topological polar surface area (TPSA) is 16.4 Å². The van der Waals surface area contributed by atoms with Gasteiger partial charge >= 0.3 is 0 Å². The minimum atomic E-state index is -0.448. The quantitative estimate of drug-likeness (QED) is 0.180. The first-order chi connectivity index (χ1) is 25.8. The molecule has 0 spiro atoms. The van der Waals surface area contributed by atoms with Crippen LogP contribution in [0.3, 0.4) is 0 Å². The van der Waals surface area contributed by atoms with Gasteiger partial charge in [-0.2, -0.15) is 0 Å². The van der Waals surface area contributed by atoms with E-state index in [-0.39, 0.29) is 0 Å². The van der Waals surface area contributed by atoms with Gasteiger partial charge in [0.05, 0.1) is 15.8 Å². The van der Waals surface area contributed by atoms with E-state index in [2.05, 4.69) is 181 Å². The predicted molar refractivity (Wildman–Crippen MR) is 219 cm³/mol. The highest BCUT2D eigenvalue weighted by Crippen LogP contribution is 2.57. The Kier molecular flexibility index (Phi) is 6.37. The number of hydrogen-bond acceptors (Lipinski definition) is 3. The third kappa shape index (κ3) is 4.11. The van der Waals surface area contributed by atoms with Crippen LogP contribution >= 0.6 is 11.3 Å². The Hall–Kier alpha value is -6.42. The monoisotopic (exact) mass is 681 g/mol. The molecule has 244 valence electrons. The van der Waals surface area contributed by atoms with E-state index in [4.69, 9.17) is 4.42 Å². The summed E-state index contributed by atoms with van der Waals surface area (Å²) < 4.78 is 9.02. The number of anilines is 3. The van der Waals surface area contributed by atoms with Crippen LogP contribution in [0.2, 0.25) is 0 Å². The van der Waals surface area contributed by atoms with Gasteiger partial charge in [-0.25, -0.2) is 0 Å². The molecule has 2 aromatic heterocycles. The fourth-order valence-electron chi connectivity index (χ4n) is 8.77. The Morgan fingerprint density at radius 3 is 1.87 bits per heavy atom. The van der Waals surface area contributed by atoms with E-state index in [1.54, 1.807) is 0 Å². The first-order valence-electron chi connectivity index (χ1n) is 17.8. The molecule has 0 aliphatic heterocycles. The van der Waals surface area contributed by atoms with Gasteiger partial charge in [0.25, 0.3) is 0 Å². The number of hydrogen-bond donors (Lipinski definition) is 0. The van der Waals surface area contributed by atoms with Crippen LogP contribution in [-0.4, -0.2) is 0 Å². The SMILES string of the molecule is c1ccc(C2(c3ccccc3)c3ccccc3-c3cc(N(c4ccc5c(c4)oc4ccccc45)c4cccc5c4sc4ccccc45)ccc32)cc1. The normalized spacial score (nSPS) is 13.2. The Morgan fingerprint density at radius 2 is 1.04 bits per heavy atom. The van der Waals surface area contributed by atoms with Crippen molar-refractivity contribution >= 4 is 70.5 Å². The molecular formula is C49H31NOS. The summed E-state index contributed by atoms with van der Waals surface area (Å²) in [6, 6.07) is 68.5. The van der Waals surface area contributed by atoms with E-state index >= 15 is 0 Å². The van der Waals surface area contributed by atoms with Crippen molar-refractivity contribution in [3.05, 3.63) is 210 Å². The molecular weight excluding hydrogens is 651 g/mol. The zero-order valence-corrected chi connectivity index (χ0v) is 29.0. The molecule has 2 nitrogen and oxygen atoms in total. The molecule has 1 aliphatic rings. The predicted octanol–water partition coefficient (Wildman–Crippen LogP) is 13.8. The molecule has 8 aromatic carbocycles. The van der Waals surface area contributed by atoms with Crippen LogP contribution in [0.1, 0.15) is 22.3 Å². The number of furan rings is 1. The van der Waals surface area contributed by atoms with Gasteiger partial charge in [0.2, 0.25) is 0 Å². The third-order valence-corrected chi connectivity index (χ3v) is 12.2. The summed E-state index contributed by atoms with van der Waals surface area (Å²) >= 11 is 1.86. The fourth-order valence-corrected chi connectivity index (χ4v) is 9.97. The number of nitrogens with zero attached hydrogens (tertiary/aromatic N) is 1. The molecule has 0 radical (unpaired) electrons. The Balaban J connectivity index is 1.20. The Bertz CT molecular complexity index is 2930. The van der Waals surface area contributed by atoms with Gasteiger partial charge in [-0.15, -0.1) is 11.3 Å². The van der Waals surface area contributed by atoms with Gasteiger partial charge in [0.1, 0.15) is 11.2 Å². The Morgan fingerprint density at radius 1 is 0.423 bits per heavy atom. The van der Waals surface area contributed by atoms with Crippen LogP contribution in [0, 0.1) is 0 Å². The van der Waals surface area contributed by atoms with Gasteiger partial charge in [0.15, 0.2) is 0 Å². The minimum absolute atomic E-state index is 0.448. The number of rotatable bonds is 5. The zero-order valence-electron chi connectivity index (χ0n) is 28.2. The number of benzene rings is 8. The van der Waals surface area contributed by atoms with E-state index in [1.165, 1.54) is 53.6 Å². The van der Waals surface area contributed by atoms with Crippen molar-refractivity contribution in [1.82, 2.24) is 0 Å². The average molecular weight is 682 g/mol. The number of thiophene rings is 1. The lowest BCUT2D eigenvalue weighted by Gasteiger charge is -2.34. The average Bonchev–Trinajstić information content (AvgIpc) is 3.87. The van der Waals surface area contributed by atoms with Crippen LogP contribution < -0.4 is 4.90 Å². The van der Waals surface area contributed by atoms with E-state index < -0.39 is 5.41 Å². The van der Waals surface area contributed by atoms with E-state index in [0.717, 1.165) is 39.0 Å². The smallest absolute Gasteiger partial charge is 0.137 e. The van der Waals surface area contributed by atoms with Crippen molar-refractivity contribution in [2.75, 3.05) is 4.90 Å².